The molecular formula is C28H28N3O+. The first-order valence-corrected chi connectivity index (χ1v) is 10.9. The van der Waals surface area contributed by atoms with Crippen LogP contribution in [0.4, 0.5) is 0 Å². The van der Waals surface area contributed by atoms with Gasteiger partial charge in [0.15, 0.2) is 0 Å². The molecule has 0 unspecified atom stereocenters. The summed E-state index contributed by atoms with van der Waals surface area (Å²) in [7, 11) is 0. The second kappa shape index (κ2) is 8.85. The fraction of sp³-hybridized carbons (Fsp3) is 0.179. The van der Waals surface area contributed by atoms with E-state index in [0.717, 1.165) is 25.7 Å². The molecule has 0 aliphatic heterocycles. The van der Waals surface area contributed by atoms with Crippen LogP contribution in [0.1, 0.15) is 31.2 Å². The van der Waals surface area contributed by atoms with E-state index in [1.165, 1.54) is 59.4 Å². The maximum Gasteiger partial charge on any atom is 0.211 e. The van der Waals surface area contributed by atoms with E-state index in [0.29, 0.717) is 0 Å². The van der Waals surface area contributed by atoms with Crippen molar-refractivity contribution in [1.82, 2.24) is 6.15 Å². The average Bonchev–Trinajstić information content (AvgIpc) is 2.85. The molecular weight excluding hydrogens is 394 g/mol. The highest BCUT2D eigenvalue weighted by atomic mass is 16.2. The van der Waals surface area contributed by atoms with Crippen molar-refractivity contribution >= 4 is 46.0 Å². The van der Waals surface area contributed by atoms with Crippen LogP contribution in [-0.4, -0.2) is 0 Å². The van der Waals surface area contributed by atoms with Gasteiger partial charge in [-0.25, -0.2) is 4.98 Å². The average molecular weight is 423 g/mol. The molecule has 0 bridgehead atoms. The van der Waals surface area contributed by atoms with Crippen LogP contribution in [0.15, 0.2) is 48.5 Å². The molecule has 4 heteroatoms. The molecule has 0 radical (unpaired) electrons. The van der Waals surface area contributed by atoms with Gasteiger partial charge in [-0.3, -0.25) is 0 Å². The number of nitroso groups, excluding NO2 is 1. The number of para-hydroxylation sites is 1. The molecule has 1 heterocycles. The van der Waals surface area contributed by atoms with Gasteiger partial charge in [-0.1, -0.05) is 60.2 Å². The fourth-order valence-electron chi connectivity index (χ4n) is 5.25. The smallest absolute Gasteiger partial charge is 0.211 e. The summed E-state index contributed by atoms with van der Waals surface area (Å²) in [6.45, 7) is 2.28. The predicted octanol–water partition coefficient (Wildman–Crippen LogP) is 3.99. The van der Waals surface area contributed by atoms with Crippen molar-refractivity contribution in [3.8, 4) is 11.1 Å². The zero-order valence-electron chi connectivity index (χ0n) is 18.4. The molecule has 3 aromatic carbocycles. The lowest BCUT2D eigenvalue weighted by Crippen LogP contribution is -2.45. The van der Waals surface area contributed by atoms with E-state index >= 15 is 0 Å². The third kappa shape index (κ3) is 3.24. The van der Waals surface area contributed by atoms with E-state index in [1.807, 2.05) is 0 Å². The van der Waals surface area contributed by atoms with E-state index in [-0.39, 0.29) is 6.15 Å². The van der Waals surface area contributed by atoms with Crippen LogP contribution in [0.25, 0.3) is 57.1 Å². The van der Waals surface area contributed by atoms with Crippen molar-refractivity contribution < 1.29 is 4.98 Å². The van der Waals surface area contributed by atoms with Crippen LogP contribution in [-0.2, 0) is 0 Å². The van der Waals surface area contributed by atoms with Crippen molar-refractivity contribution in [2.24, 2.45) is 0 Å². The zero-order chi connectivity index (χ0) is 21.4. The van der Waals surface area contributed by atoms with Gasteiger partial charge in [0.2, 0.25) is 10.9 Å². The van der Waals surface area contributed by atoms with Crippen LogP contribution in [0.2, 0.25) is 0 Å². The number of hydrogen-bond acceptors (Lipinski definition) is 3. The molecule has 0 saturated heterocycles. The SMILES string of the molecule is Cc1c2c(c(-c3c4c([nH+]c5ccccc35)=CCCC=4)c3ccccc13)=CCCC=2.N.N=O. The number of hydrogen-bond donors (Lipinski definition) is 2. The minimum absolute atomic E-state index is 0. The zero-order valence-corrected chi connectivity index (χ0v) is 18.4. The molecule has 4 nitrogen and oxygen atoms in total. The fourth-order valence-corrected chi connectivity index (χ4v) is 5.25. The minimum atomic E-state index is 0. The highest BCUT2D eigenvalue weighted by molar-refractivity contribution is 6.05. The first kappa shape index (κ1) is 21.6. The second-order valence-electron chi connectivity index (χ2n) is 8.22. The Kier molecular flexibility index (Phi) is 5.97. The van der Waals surface area contributed by atoms with Crippen LogP contribution < -0.4 is 32.1 Å². The summed E-state index contributed by atoms with van der Waals surface area (Å²) in [6, 6.07) is 17.7. The quantitative estimate of drug-likeness (QED) is 0.454. The predicted molar refractivity (Wildman–Crippen MR) is 134 cm³/mol. The molecule has 0 spiro atoms. The summed E-state index contributed by atoms with van der Waals surface area (Å²) in [6.07, 6.45) is 14.2. The standard InChI is InChI=1S/C28H23N.HNO.H3N/c1-18-19-10-2-4-12-21(19)27(22-13-5-3-11-20(18)22)28-23-14-6-8-16-25(23)29-26-17-9-7-15-24(26)28;1-2;/h2,4,6,8,10-17H,3,5,7,9H2,1H3;1H;1H3/p+1. The van der Waals surface area contributed by atoms with E-state index in [2.05, 4.69) is 90.3 Å². The molecule has 1 aromatic heterocycles. The molecule has 0 atom stereocenters. The van der Waals surface area contributed by atoms with Crippen molar-refractivity contribution in [3.05, 3.63) is 80.0 Å². The monoisotopic (exact) mass is 422 g/mol. The van der Waals surface area contributed by atoms with E-state index in [4.69, 9.17) is 4.91 Å². The van der Waals surface area contributed by atoms with Gasteiger partial charge in [-0.05, 0) is 77.1 Å². The van der Waals surface area contributed by atoms with Crippen molar-refractivity contribution in [3.63, 3.8) is 0 Å². The molecule has 0 saturated carbocycles. The normalized spacial score (nSPS) is 13.7. The number of nitrogens with one attached hydrogen (secondary N) is 2. The highest BCUT2D eigenvalue weighted by Crippen LogP contribution is 2.29. The summed E-state index contributed by atoms with van der Waals surface area (Å²) in [5, 5.41) is 9.53. The van der Waals surface area contributed by atoms with Crippen LogP contribution >= 0.6 is 0 Å². The largest absolute Gasteiger partial charge is 0.344 e. The highest BCUT2D eigenvalue weighted by Gasteiger charge is 2.19. The van der Waals surface area contributed by atoms with Gasteiger partial charge >= 0.3 is 0 Å². The first-order chi connectivity index (χ1) is 15.3. The number of rotatable bonds is 1. The van der Waals surface area contributed by atoms with Crippen LogP contribution in [0.5, 0.6) is 0 Å². The Hall–Kier alpha value is -3.63. The van der Waals surface area contributed by atoms with Gasteiger partial charge in [0.1, 0.15) is 0 Å². The first-order valence-electron chi connectivity index (χ1n) is 10.9. The van der Waals surface area contributed by atoms with Gasteiger partial charge in [-0.15, -0.1) is 0 Å². The van der Waals surface area contributed by atoms with E-state index in [1.54, 1.807) is 0 Å². The van der Waals surface area contributed by atoms with Crippen molar-refractivity contribution in [1.29, 1.82) is 5.59 Å². The van der Waals surface area contributed by atoms with Gasteiger partial charge in [0.05, 0.1) is 10.6 Å². The van der Waals surface area contributed by atoms with Gasteiger partial charge in [-0.2, -0.15) is 4.91 Å². The molecule has 4 aromatic rings. The summed E-state index contributed by atoms with van der Waals surface area (Å²) in [5.41, 5.74) is 9.92. The Labute approximate surface area is 186 Å². The molecule has 5 N–H and O–H groups in total. The second-order valence-corrected chi connectivity index (χ2v) is 8.22. The Morgan fingerprint density at radius 1 is 0.656 bits per heavy atom. The lowest BCUT2D eigenvalue weighted by molar-refractivity contribution is -0.363. The molecule has 32 heavy (non-hydrogen) atoms. The number of aryl methyl sites for hydroxylation is 1. The van der Waals surface area contributed by atoms with Crippen molar-refractivity contribution in [2.45, 2.75) is 32.6 Å². The summed E-state index contributed by atoms with van der Waals surface area (Å²) >= 11 is 0. The number of aromatic nitrogens is 1. The van der Waals surface area contributed by atoms with Gasteiger partial charge in [0, 0.05) is 11.6 Å². The molecule has 0 amide bonds. The molecule has 160 valence electrons. The van der Waals surface area contributed by atoms with Crippen LogP contribution in [0, 0.1) is 17.4 Å². The number of benzene rings is 3. The molecule has 2 aliphatic carbocycles. The Morgan fingerprint density at radius 3 is 1.94 bits per heavy atom. The van der Waals surface area contributed by atoms with Gasteiger partial charge in [0.25, 0.3) is 0 Å². The topological polar surface area (TPSA) is 90.1 Å². The van der Waals surface area contributed by atoms with Crippen molar-refractivity contribution in [2.75, 3.05) is 0 Å². The lowest BCUT2D eigenvalue weighted by atomic mass is 9.86. The number of H-pyrrole nitrogens is 1. The molecule has 2 aliphatic rings. The minimum Gasteiger partial charge on any atom is -0.344 e. The third-order valence-electron chi connectivity index (χ3n) is 6.57. The number of fused-ring (bicyclic) bond motifs is 4. The summed E-state index contributed by atoms with van der Waals surface area (Å²) in [5.74, 6) is 0. The van der Waals surface area contributed by atoms with E-state index < -0.39 is 0 Å². The summed E-state index contributed by atoms with van der Waals surface area (Å²) in [4.78, 5) is 11.2. The van der Waals surface area contributed by atoms with Gasteiger partial charge < -0.3 is 6.15 Å². The maximum atomic E-state index is 7.50. The summed E-state index contributed by atoms with van der Waals surface area (Å²) < 4.78 is 0. The Morgan fingerprint density at radius 2 is 1.19 bits per heavy atom. The van der Waals surface area contributed by atoms with Crippen LogP contribution in [0.3, 0.4) is 0 Å². The lowest BCUT2D eigenvalue weighted by Gasteiger charge is -2.17. The Bertz CT molecular complexity index is 1590. The Balaban J connectivity index is 0.000000796. The molecule has 6 rings (SSSR count). The third-order valence-corrected chi connectivity index (χ3v) is 6.57. The van der Waals surface area contributed by atoms with E-state index in [9.17, 15) is 0 Å². The number of aromatic amines is 1. The number of pyridine rings is 1. The molecule has 0 fully saturated rings. The maximum absolute atomic E-state index is 7.50.